The summed E-state index contributed by atoms with van der Waals surface area (Å²) in [4.78, 5) is 25.0. The molecule has 2 aromatic rings. The summed E-state index contributed by atoms with van der Waals surface area (Å²) in [6, 6.07) is 7.69. The number of carbonyl (C=O) groups excluding carboxylic acids is 1. The molecule has 1 N–H and O–H groups in total. The van der Waals surface area contributed by atoms with Crippen LogP contribution in [0, 0.1) is 0 Å². The number of rotatable bonds is 4. The van der Waals surface area contributed by atoms with Crippen molar-refractivity contribution in [2.75, 3.05) is 0 Å². The van der Waals surface area contributed by atoms with Crippen molar-refractivity contribution < 1.29 is 9.53 Å². The number of hydrogen-bond donors (Lipinski definition) is 1. The summed E-state index contributed by atoms with van der Waals surface area (Å²) in [5.41, 5.74) is 1.53. The highest BCUT2D eigenvalue weighted by molar-refractivity contribution is 5.81. The molecular weight excluding hydrogens is 306 g/mol. The maximum Gasteiger partial charge on any atom is 0.329 e. The van der Waals surface area contributed by atoms with E-state index in [1.54, 1.807) is 9.13 Å². The van der Waals surface area contributed by atoms with Gasteiger partial charge >= 0.3 is 5.69 Å². The summed E-state index contributed by atoms with van der Waals surface area (Å²) in [5.74, 6) is -0.123. The van der Waals surface area contributed by atoms with Gasteiger partial charge in [-0.05, 0) is 45.7 Å². The lowest BCUT2D eigenvalue weighted by molar-refractivity contribution is -0.124. The minimum Gasteiger partial charge on any atom is -0.375 e. The number of carbonyl (C=O) groups is 1. The average molecular weight is 331 g/mol. The summed E-state index contributed by atoms with van der Waals surface area (Å²) in [6.07, 6.45) is 1.90. The van der Waals surface area contributed by atoms with E-state index in [0.717, 1.165) is 23.9 Å². The van der Waals surface area contributed by atoms with Crippen LogP contribution in [0.2, 0.25) is 0 Å². The van der Waals surface area contributed by atoms with Gasteiger partial charge in [0.25, 0.3) is 0 Å². The molecule has 1 amide bonds. The third-order valence-corrected chi connectivity index (χ3v) is 4.61. The summed E-state index contributed by atoms with van der Waals surface area (Å²) >= 11 is 0. The molecule has 1 fully saturated rings. The molecule has 0 unspecified atom stereocenters. The Balaban J connectivity index is 1.79. The molecule has 1 aliphatic heterocycles. The van der Waals surface area contributed by atoms with Gasteiger partial charge in [-0.3, -0.25) is 13.9 Å². The van der Waals surface area contributed by atoms with E-state index in [9.17, 15) is 9.59 Å². The summed E-state index contributed by atoms with van der Waals surface area (Å²) < 4.78 is 8.95. The second-order valence-corrected chi connectivity index (χ2v) is 6.59. The molecule has 0 spiro atoms. The van der Waals surface area contributed by atoms with Gasteiger partial charge in [-0.15, -0.1) is 0 Å². The van der Waals surface area contributed by atoms with Crippen LogP contribution in [0.15, 0.2) is 29.1 Å². The fraction of sp³-hybridized carbons (Fsp3) is 0.556. The zero-order chi connectivity index (χ0) is 17.3. The van der Waals surface area contributed by atoms with Gasteiger partial charge in [-0.2, -0.15) is 0 Å². The van der Waals surface area contributed by atoms with Crippen LogP contribution in [0.25, 0.3) is 11.0 Å². The van der Waals surface area contributed by atoms with E-state index in [0.29, 0.717) is 6.54 Å². The molecule has 0 saturated carbocycles. The average Bonchev–Trinajstić information content (AvgIpc) is 2.78. The third-order valence-electron chi connectivity index (χ3n) is 4.61. The Bertz CT molecular complexity index is 782. The van der Waals surface area contributed by atoms with Crippen LogP contribution in [0.5, 0.6) is 0 Å². The number of hydrogen-bond acceptors (Lipinski definition) is 3. The van der Waals surface area contributed by atoms with Crippen molar-refractivity contribution in [3.8, 4) is 0 Å². The zero-order valence-corrected chi connectivity index (χ0v) is 14.5. The van der Waals surface area contributed by atoms with Gasteiger partial charge in [0.1, 0.15) is 6.54 Å². The van der Waals surface area contributed by atoms with Crippen molar-refractivity contribution in [2.24, 2.45) is 0 Å². The van der Waals surface area contributed by atoms with Gasteiger partial charge in [0, 0.05) is 12.6 Å². The van der Waals surface area contributed by atoms with Gasteiger partial charge in [0.05, 0.1) is 23.2 Å². The molecule has 0 bridgehead atoms. The van der Waals surface area contributed by atoms with Gasteiger partial charge in [0.15, 0.2) is 0 Å². The Morgan fingerprint density at radius 3 is 2.33 bits per heavy atom. The predicted molar refractivity (Wildman–Crippen MR) is 93.0 cm³/mol. The molecule has 1 aromatic heterocycles. The molecule has 1 aliphatic rings. The van der Waals surface area contributed by atoms with Gasteiger partial charge in [-0.25, -0.2) is 4.79 Å². The standard InChI is InChI=1S/C18H25N3O3/c1-4-20-15-7-5-6-8-16(15)21(18(20)23)11-17(22)19-14-9-12(2)24-13(3)10-14/h5-8,12-14H,4,9-11H2,1-3H3,(H,19,22)/t12-,13-/m1/s1. The number of fused-ring (bicyclic) bond motifs is 1. The van der Waals surface area contributed by atoms with Crippen molar-refractivity contribution in [1.29, 1.82) is 0 Å². The van der Waals surface area contributed by atoms with E-state index in [1.807, 2.05) is 45.0 Å². The predicted octanol–water partition coefficient (Wildman–Crippen LogP) is 1.90. The Kier molecular flexibility index (Phi) is 4.76. The highest BCUT2D eigenvalue weighted by Crippen LogP contribution is 2.19. The van der Waals surface area contributed by atoms with Crippen LogP contribution >= 0.6 is 0 Å². The van der Waals surface area contributed by atoms with E-state index in [1.165, 1.54) is 0 Å². The lowest BCUT2D eigenvalue weighted by Gasteiger charge is -2.32. The Labute approximate surface area is 141 Å². The monoisotopic (exact) mass is 331 g/mol. The number of amides is 1. The molecule has 0 aliphatic carbocycles. The molecule has 6 nitrogen and oxygen atoms in total. The van der Waals surface area contributed by atoms with Crippen LogP contribution < -0.4 is 11.0 Å². The Morgan fingerprint density at radius 2 is 1.75 bits per heavy atom. The fourth-order valence-electron chi connectivity index (χ4n) is 3.67. The number of aromatic nitrogens is 2. The normalized spacial score (nSPS) is 24.2. The van der Waals surface area contributed by atoms with Gasteiger partial charge < -0.3 is 10.1 Å². The summed E-state index contributed by atoms with van der Waals surface area (Å²) in [5, 5.41) is 3.06. The maximum atomic E-state index is 12.6. The first-order valence-corrected chi connectivity index (χ1v) is 8.62. The highest BCUT2D eigenvalue weighted by Gasteiger charge is 2.26. The van der Waals surface area contributed by atoms with E-state index in [4.69, 9.17) is 4.74 Å². The Hall–Kier alpha value is -2.08. The molecular formula is C18H25N3O3. The quantitative estimate of drug-likeness (QED) is 0.930. The molecule has 2 heterocycles. The molecule has 1 aromatic carbocycles. The smallest absolute Gasteiger partial charge is 0.329 e. The van der Waals surface area contributed by atoms with Crippen molar-refractivity contribution in [1.82, 2.24) is 14.5 Å². The van der Waals surface area contributed by atoms with Crippen LogP contribution in [0.4, 0.5) is 0 Å². The number of benzene rings is 1. The first-order chi connectivity index (χ1) is 11.5. The van der Waals surface area contributed by atoms with Crippen molar-refractivity contribution in [3.05, 3.63) is 34.7 Å². The SMILES string of the molecule is CCn1c(=O)n(CC(=O)NC2C[C@@H](C)O[C@H](C)C2)c2ccccc21. The first-order valence-electron chi connectivity index (χ1n) is 8.62. The molecule has 1 saturated heterocycles. The number of nitrogens with one attached hydrogen (secondary N) is 1. The lowest BCUT2D eigenvalue weighted by atomic mass is 10.00. The van der Waals surface area contributed by atoms with E-state index in [2.05, 4.69) is 5.32 Å². The number of ether oxygens (including phenoxy) is 1. The minimum absolute atomic E-state index is 0.0481. The summed E-state index contributed by atoms with van der Waals surface area (Å²) in [6.45, 7) is 6.61. The molecule has 24 heavy (non-hydrogen) atoms. The number of aryl methyl sites for hydroxylation is 1. The second kappa shape index (κ2) is 6.81. The van der Waals surface area contributed by atoms with E-state index < -0.39 is 0 Å². The molecule has 6 heteroatoms. The van der Waals surface area contributed by atoms with Crippen LogP contribution in [0.1, 0.15) is 33.6 Å². The number of imidazole rings is 1. The molecule has 0 radical (unpaired) electrons. The van der Waals surface area contributed by atoms with Crippen LogP contribution in [-0.4, -0.2) is 33.3 Å². The zero-order valence-electron chi connectivity index (χ0n) is 14.5. The van der Waals surface area contributed by atoms with E-state index >= 15 is 0 Å². The first kappa shape index (κ1) is 16.8. The lowest BCUT2D eigenvalue weighted by Crippen LogP contribution is -2.45. The topological polar surface area (TPSA) is 65.3 Å². The maximum absolute atomic E-state index is 12.6. The largest absolute Gasteiger partial charge is 0.375 e. The van der Waals surface area contributed by atoms with Crippen LogP contribution in [-0.2, 0) is 22.6 Å². The molecule has 130 valence electrons. The van der Waals surface area contributed by atoms with E-state index in [-0.39, 0.29) is 36.4 Å². The van der Waals surface area contributed by atoms with Crippen molar-refractivity contribution >= 4 is 16.9 Å². The van der Waals surface area contributed by atoms with Crippen molar-refractivity contribution in [3.63, 3.8) is 0 Å². The highest BCUT2D eigenvalue weighted by atomic mass is 16.5. The minimum atomic E-state index is -0.137. The van der Waals surface area contributed by atoms with Gasteiger partial charge in [0.2, 0.25) is 5.91 Å². The molecule has 3 rings (SSSR count). The second-order valence-electron chi connectivity index (χ2n) is 6.59. The summed E-state index contributed by atoms with van der Waals surface area (Å²) in [7, 11) is 0. The number of nitrogens with zero attached hydrogens (tertiary/aromatic N) is 2. The van der Waals surface area contributed by atoms with Crippen molar-refractivity contribution in [2.45, 2.75) is 65.0 Å². The third kappa shape index (κ3) is 3.24. The Morgan fingerprint density at radius 1 is 1.17 bits per heavy atom. The number of para-hydroxylation sites is 2. The van der Waals surface area contributed by atoms with Gasteiger partial charge in [-0.1, -0.05) is 12.1 Å². The van der Waals surface area contributed by atoms with Crippen LogP contribution in [0.3, 0.4) is 0 Å². The fourth-order valence-corrected chi connectivity index (χ4v) is 3.67. The molecule has 2 atom stereocenters.